The minimum absolute atomic E-state index is 0.105. The maximum absolute atomic E-state index is 12.2. The molecule has 0 saturated heterocycles. The molecular formula is C17H16N2O5S. The van der Waals surface area contributed by atoms with Crippen LogP contribution in [0.1, 0.15) is 20.7 Å². The first kappa shape index (κ1) is 17.0. The summed E-state index contributed by atoms with van der Waals surface area (Å²) >= 11 is 0. The Morgan fingerprint density at radius 3 is 2.24 bits per heavy atom. The molecule has 25 heavy (non-hydrogen) atoms. The van der Waals surface area contributed by atoms with Gasteiger partial charge in [-0.15, -0.1) is 0 Å². The normalized spacial score (nSPS) is 13.7. The Kier molecular flexibility index (Phi) is 4.45. The van der Waals surface area contributed by atoms with Gasteiger partial charge in [-0.3, -0.25) is 19.2 Å². The van der Waals surface area contributed by atoms with Gasteiger partial charge in [-0.05, 0) is 24.3 Å². The zero-order chi connectivity index (χ0) is 18.0. The van der Waals surface area contributed by atoms with E-state index in [0.717, 1.165) is 11.2 Å². The van der Waals surface area contributed by atoms with Crippen LogP contribution in [0.25, 0.3) is 0 Å². The fourth-order valence-electron chi connectivity index (χ4n) is 2.56. The van der Waals surface area contributed by atoms with E-state index in [4.69, 9.17) is 4.74 Å². The molecule has 1 N–H and O–H groups in total. The lowest BCUT2D eigenvalue weighted by atomic mass is 10.1. The quantitative estimate of drug-likeness (QED) is 0.792. The number of nitrogens with zero attached hydrogens (tertiary/aromatic N) is 1. The molecule has 0 fully saturated rings. The molecule has 1 heterocycles. The molecular weight excluding hydrogens is 344 g/mol. The van der Waals surface area contributed by atoms with E-state index < -0.39 is 10.0 Å². The molecule has 3 rings (SSSR count). The molecule has 0 bridgehead atoms. The number of anilines is 1. The monoisotopic (exact) mass is 360 g/mol. The van der Waals surface area contributed by atoms with Crippen molar-refractivity contribution >= 4 is 27.5 Å². The Balaban J connectivity index is 1.62. The number of carbonyl (C=O) groups is 2. The van der Waals surface area contributed by atoms with Gasteiger partial charge in [-0.25, -0.2) is 8.42 Å². The summed E-state index contributed by atoms with van der Waals surface area (Å²) in [5, 5.41) is 0. The second-order valence-electron chi connectivity index (χ2n) is 5.56. The van der Waals surface area contributed by atoms with Crippen LogP contribution < -0.4 is 9.46 Å². The smallest absolute Gasteiger partial charge is 0.261 e. The molecule has 8 heteroatoms. The Labute approximate surface area is 145 Å². The standard InChI is InChI=1S/C17H16N2O5S/c1-25(22,23)18-12-5-4-6-13(11-12)24-10-9-19-16(20)14-7-2-3-8-15(14)17(19)21/h2-8,11,18H,9-10H2,1H3. The lowest BCUT2D eigenvalue weighted by Crippen LogP contribution is -2.33. The molecule has 2 aromatic carbocycles. The molecule has 0 aliphatic carbocycles. The summed E-state index contributed by atoms with van der Waals surface area (Å²) in [6, 6.07) is 13.1. The van der Waals surface area contributed by atoms with Crippen LogP contribution in [0.3, 0.4) is 0 Å². The molecule has 0 saturated carbocycles. The highest BCUT2D eigenvalue weighted by Crippen LogP contribution is 2.22. The second-order valence-corrected chi connectivity index (χ2v) is 7.31. The van der Waals surface area contributed by atoms with Crippen LogP contribution in [0.2, 0.25) is 0 Å². The van der Waals surface area contributed by atoms with Crippen molar-refractivity contribution in [1.29, 1.82) is 0 Å². The van der Waals surface area contributed by atoms with E-state index in [1.54, 1.807) is 42.5 Å². The number of imide groups is 1. The number of ether oxygens (including phenoxy) is 1. The lowest BCUT2D eigenvalue weighted by Gasteiger charge is -2.15. The van der Waals surface area contributed by atoms with Crippen molar-refractivity contribution < 1.29 is 22.7 Å². The van der Waals surface area contributed by atoms with Gasteiger partial charge >= 0.3 is 0 Å². The number of hydrogen-bond donors (Lipinski definition) is 1. The Bertz CT molecular complexity index is 905. The van der Waals surface area contributed by atoms with E-state index in [2.05, 4.69) is 4.72 Å². The van der Waals surface area contributed by atoms with Gasteiger partial charge in [0.1, 0.15) is 12.4 Å². The fraction of sp³-hybridized carbons (Fsp3) is 0.176. The van der Waals surface area contributed by atoms with E-state index in [0.29, 0.717) is 22.6 Å². The first-order valence-corrected chi connectivity index (χ1v) is 9.40. The minimum Gasteiger partial charge on any atom is -0.492 e. The molecule has 0 radical (unpaired) electrons. The van der Waals surface area contributed by atoms with Crippen molar-refractivity contribution in [2.24, 2.45) is 0 Å². The van der Waals surface area contributed by atoms with Gasteiger partial charge in [0.2, 0.25) is 10.0 Å². The van der Waals surface area contributed by atoms with E-state index in [-0.39, 0.29) is 25.0 Å². The fourth-order valence-corrected chi connectivity index (χ4v) is 3.12. The zero-order valence-electron chi connectivity index (χ0n) is 13.4. The van der Waals surface area contributed by atoms with Crippen LogP contribution in [0.15, 0.2) is 48.5 Å². The zero-order valence-corrected chi connectivity index (χ0v) is 14.2. The number of nitrogens with one attached hydrogen (secondary N) is 1. The molecule has 0 spiro atoms. The van der Waals surface area contributed by atoms with Crippen LogP contribution in [0, 0.1) is 0 Å². The van der Waals surface area contributed by atoms with E-state index in [9.17, 15) is 18.0 Å². The predicted octanol–water partition coefficient (Wildman–Crippen LogP) is 1.73. The van der Waals surface area contributed by atoms with Crippen molar-refractivity contribution in [3.63, 3.8) is 0 Å². The third-order valence-electron chi connectivity index (χ3n) is 3.60. The summed E-state index contributed by atoms with van der Waals surface area (Å²) in [6.45, 7) is 0.212. The van der Waals surface area contributed by atoms with Crippen molar-refractivity contribution in [1.82, 2.24) is 4.90 Å². The average molecular weight is 360 g/mol. The number of sulfonamides is 1. The highest BCUT2D eigenvalue weighted by molar-refractivity contribution is 7.92. The number of amides is 2. The summed E-state index contributed by atoms with van der Waals surface area (Å²) in [6.07, 6.45) is 1.06. The van der Waals surface area contributed by atoms with E-state index >= 15 is 0 Å². The summed E-state index contributed by atoms with van der Waals surface area (Å²) in [7, 11) is -3.38. The van der Waals surface area contributed by atoms with Gasteiger partial charge in [-0.1, -0.05) is 18.2 Å². The van der Waals surface area contributed by atoms with Crippen molar-refractivity contribution in [3.8, 4) is 5.75 Å². The molecule has 0 aromatic heterocycles. The summed E-state index contributed by atoms with van der Waals surface area (Å²) in [4.78, 5) is 25.6. The van der Waals surface area contributed by atoms with Gasteiger partial charge in [0.15, 0.2) is 0 Å². The molecule has 2 amide bonds. The number of carbonyl (C=O) groups excluding carboxylic acids is 2. The minimum atomic E-state index is -3.38. The van der Waals surface area contributed by atoms with Crippen molar-refractivity contribution in [3.05, 3.63) is 59.7 Å². The van der Waals surface area contributed by atoms with Gasteiger partial charge in [-0.2, -0.15) is 0 Å². The molecule has 2 aromatic rings. The first-order chi connectivity index (χ1) is 11.8. The number of rotatable bonds is 6. The van der Waals surface area contributed by atoms with Gasteiger partial charge in [0.05, 0.1) is 29.6 Å². The molecule has 130 valence electrons. The Hall–Kier alpha value is -2.87. The molecule has 1 aliphatic rings. The van der Waals surface area contributed by atoms with Crippen LogP contribution in [0.5, 0.6) is 5.75 Å². The highest BCUT2D eigenvalue weighted by Gasteiger charge is 2.34. The van der Waals surface area contributed by atoms with Gasteiger partial charge < -0.3 is 4.74 Å². The largest absolute Gasteiger partial charge is 0.492 e. The predicted molar refractivity (Wildman–Crippen MR) is 92.2 cm³/mol. The maximum Gasteiger partial charge on any atom is 0.261 e. The Morgan fingerprint density at radius 1 is 1.00 bits per heavy atom. The highest BCUT2D eigenvalue weighted by atomic mass is 32.2. The lowest BCUT2D eigenvalue weighted by molar-refractivity contribution is 0.0631. The molecule has 1 aliphatic heterocycles. The van der Waals surface area contributed by atoms with Crippen molar-refractivity contribution in [2.75, 3.05) is 24.1 Å². The summed E-state index contributed by atoms with van der Waals surface area (Å²) in [5.41, 5.74) is 1.17. The molecule has 7 nitrogen and oxygen atoms in total. The van der Waals surface area contributed by atoms with Gasteiger partial charge in [0.25, 0.3) is 11.8 Å². The first-order valence-electron chi connectivity index (χ1n) is 7.51. The average Bonchev–Trinajstić information content (AvgIpc) is 2.79. The third-order valence-corrected chi connectivity index (χ3v) is 4.21. The number of benzene rings is 2. The molecule has 0 atom stereocenters. The Morgan fingerprint density at radius 2 is 1.64 bits per heavy atom. The summed E-state index contributed by atoms with van der Waals surface area (Å²) < 4.78 is 30.4. The van der Waals surface area contributed by atoms with Gasteiger partial charge in [0, 0.05) is 6.07 Å². The summed E-state index contributed by atoms with van der Waals surface area (Å²) in [5.74, 6) is -0.237. The van der Waals surface area contributed by atoms with Crippen LogP contribution in [-0.4, -0.2) is 44.5 Å². The van der Waals surface area contributed by atoms with E-state index in [1.807, 2.05) is 0 Å². The topological polar surface area (TPSA) is 92.8 Å². The second kappa shape index (κ2) is 6.56. The maximum atomic E-state index is 12.2. The van der Waals surface area contributed by atoms with Crippen LogP contribution >= 0.6 is 0 Å². The SMILES string of the molecule is CS(=O)(=O)Nc1cccc(OCCN2C(=O)c3ccccc3C2=O)c1. The van der Waals surface area contributed by atoms with Crippen LogP contribution in [0.4, 0.5) is 5.69 Å². The number of hydrogen-bond acceptors (Lipinski definition) is 5. The third kappa shape index (κ3) is 3.80. The van der Waals surface area contributed by atoms with Crippen molar-refractivity contribution in [2.45, 2.75) is 0 Å². The van der Waals surface area contributed by atoms with E-state index in [1.165, 1.54) is 6.07 Å². The van der Waals surface area contributed by atoms with Crippen LogP contribution in [-0.2, 0) is 10.0 Å². The molecule has 0 unspecified atom stereocenters. The number of fused-ring (bicyclic) bond motifs is 1.